The lowest BCUT2D eigenvalue weighted by molar-refractivity contribution is 0.579. The largest absolute Gasteiger partial charge is 0.207 e. The smallest absolute Gasteiger partial charge is 0.126 e. The highest BCUT2D eigenvalue weighted by molar-refractivity contribution is 5.28. The second-order valence-electron chi connectivity index (χ2n) is 2.49. The Labute approximate surface area is 64.9 Å². The normalized spacial score (nSPS) is 10.2. The third-order valence-electron chi connectivity index (χ3n) is 1.83. The van der Waals surface area contributed by atoms with Gasteiger partial charge in [0.1, 0.15) is 11.6 Å². The third kappa shape index (κ3) is 1.39. The number of benzene rings is 1. The molecule has 0 aliphatic heterocycles. The maximum Gasteiger partial charge on any atom is 0.126 e. The zero-order chi connectivity index (χ0) is 8.43. The second kappa shape index (κ2) is 2.99. The molecule has 11 heavy (non-hydrogen) atoms. The van der Waals surface area contributed by atoms with E-state index >= 15 is 0 Å². The van der Waals surface area contributed by atoms with E-state index in [2.05, 4.69) is 0 Å². The predicted molar refractivity (Wildman–Crippen MR) is 40.5 cm³/mol. The predicted octanol–water partition coefficient (Wildman–Crippen LogP) is 2.84. The number of halogens is 2. The number of hydrogen-bond donors (Lipinski definition) is 0. The molecule has 1 rings (SSSR count). The minimum absolute atomic E-state index is 0.314. The van der Waals surface area contributed by atoms with Crippen molar-refractivity contribution in [3.05, 3.63) is 34.9 Å². The molecular formula is C9H10F2. The van der Waals surface area contributed by atoms with Crippen molar-refractivity contribution in [3.8, 4) is 0 Å². The van der Waals surface area contributed by atoms with E-state index < -0.39 is 0 Å². The van der Waals surface area contributed by atoms with Crippen LogP contribution < -0.4 is 0 Å². The van der Waals surface area contributed by atoms with Crippen LogP contribution in [-0.4, -0.2) is 0 Å². The van der Waals surface area contributed by atoms with E-state index in [4.69, 9.17) is 0 Å². The summed E-state index contributed by atoms with van der Waals surface area (Å²) < 4.78 is 25.6. The van der Waals surface area contributed by atoms with Gasteiger partial charge in [0, 0.05) is 0 Å². The van der Waals surface area contributed by atoms with Crippen molar-refractivity contribution in [2.45, 2.75) is 20.3 Å². The Morgan fingerprint density at radius 2 is 1.73 bits per heavy atom. The maximum atomic E-state index is 12.9. The molecule has 0 heterocycles. The van der Waals surface area contributed by atoms with Crippen molar-refractivity contribution >= 4 is 0 Å². The average molecular weight is 156 g/mol. The summed E-state index contributed by atoms with van der Waals surface area (Å²) in [6, 6.07) is 2.32. The first-order valence-corrected chi connectivity index (χ1v) is 3.60. The molecule has 0 N–H and O–H groups in total. The van der Waals surface area contributed by atoms with Crippen LogP contribution in [-0.2, 0) is 6.42 Å². The Morgan fingerprint density at radius 3 is 2.18 bits per heavy atom. The first-order valence-electron chi connectivity index (χ1n) is 3.60. The highest BCUT2D eigenvalue weighted by Gasteiger charge is 2.06. The lowest BCUT2D eigenvalue weighted by Gasteiger charge is -2.04. The lowest BCUT2D eigenvalue weighted by Crippen LogP contribution is -1.95. The van der Waals surface area contributed by atoms with E-state index in [1.165, 1.54) is 6.07 Å². The second-order valence-corrected chi connectivity index (χ2v) is 2.49. The SMILES string of the molecule is CCc1c(F)ccc(F)c1C. The summed E-state index contributed by atoms with van der Waals surface area (Å²) in [7, 11) is 0. The van der Waals surface area contributed by atoms with Gasteiger partial charge in [-0.3, -0.25) is 0 Å². The molecule has 0 unspecified atom stereocenters. The molecule has 0 radical (unpaired) electrons. The van der Waals surface area contributed by atoms with Crippen LogP contribution in [0.3, 0.4) is 0 Å². The summed E-state index contributed by atoms with van der Waals surface area (Å²) in [5.41, 5.74) is 0.900. The summed E-state index contributed by atoms with van der Waals surface area (Å²) in [6.45, 7) is 3.40. The van der Waals surface area contributed by atoms with Crippen LogP contribution in [0.4, 0.5) is 8.78 Å². The van der Waals surface area contributed by atoms with Crippen LogP contribution in [0.15, 0.2) is 12.1 Å². The van der Waals surface area contributed by atoms with E-state index in [1.807, 2.05) is 6.92 Å². The van der Waals surface area contributed by atoms with Gasteiger partial charge in [0.25, 0.3) is 0 Å². The molecule has 0 fully saturated rings. The molecule has 2 heteroatoms. The Morgan fingerprint density at radius 1 is 1.18 bits per heavy atom. The van der Waals surface area contributed by atoms with E-state index in [9.17, 15) is 8.78 Å². The Kier molecular flexibility index (Phi) is 2.22. The molecule has 0 aromatic heterocycles. The molecule has 0 amide bonds. The maximum absolute atomic E-state index is 12.9. The first kappa shape index (κ1) is 8.18. The minimum Gasteiger partial charge on any atom is -0.207 e. The molecular weight excluding hydrogens is 146 g/mol. The Bertz CT molecular complexity index is 267. The number of rotatable bonds is 1. The van der Waals surface area contributed by atoms with Crippen LogP contribution in [0.25, 0.3) is 0 Å². The fourth-order valence-electron chi connectivity index (χ4n) is 1.13. The number of hydrogen-bond acceptors (Lipinski definition) is 0. The summed E-state index contributed by atoms with van der Waals surface area (Å²) in [5.74, 6) is -0.644. The molecule has 60 valence electrons. The zero-order valence-corrected chi connectivity index (χ0v) is 6.62. The van der Waals surface area contributed by atoms with Crippen LogP contribution in [0, 0.1) is 18.6 Å². The average Bonchev–Trinajstić information content (AvgIpc) is 1.99. The molecule has 1 aromatic carbocycles. The summed E-state index contributed by atoms with van der Waals surface area (Å²) in [5, 5.41) is 0. The van der Waals surface area contributed by atoms with Crippen molar-refractivity contribution in [2.75, 3.05) is 0 Å². The molecule has 0 spiro atoms. The summed E-state index contributed by atoms with van der Waals surface area (Å²) >= 11 is 0. The van der Waals surface area contributed by atoms with Gasteiger partial charge < -0.3 is 0 Å². The molecule has 0 aliphatic carbocycles. The van der Waals surface area contributed by atoms with Crippen molar-refractivity contribution in [2.24, 2.45) is 0 Å². The highest BCUT2D eigenvalue weighted by atomic mass is 19.1. The first-order chi connectivity index (χ1) is 5.16. The lowest BCUT2D eigenvalue weighted by atomic mass is 10.1. The van der Waals surface area contributed by atoms with Gasteiger partial charge in [0.15, 0.2) is 0 Å². The fraction of sp³-hybridized carbons (Fsp3) is 0.333. The standard InChI is InChI=1S/C9H10F2/c1-3-7-6(2)8(10)4-5-9(7)11/h4-5H,3H2,1-2H3. The van der Waals surface area contributed by atoms with Gasteiger partial charge in [-0.25, -0.2) is 8.78 Å². The van der Waals surface area contributed by atoms with Crippen LogP contribution in [0.1, 0.15) is 18.1 Å². The Balaban J connectivity index is 3.29. The zero-order valence-electron chi connectivity index (χ0n) is 6.62. The van der Waals surface area contributed by atoms with Gasteiger partial charge in [-0.05, 0) is 36.6 Å². The van der Waals surface area contributed by atoms with Gasteiger partial charge >= 0.3 is 0 Å². The van der Waals surface area contributed by atoms with E-state index in [0.717, 1.165) is 6.07 Å². The summed E-state index contributed by atoms with van der Waals surface area (Å²) in [4.78, 5) is 0. The van der Waals surface area contributed by atoms with Crippen LogP contribution in [0.2, 0.25) is 0 Å². The molecule has 0 aliphatic rings. The van der Waals surface area contributed by atoms with Crippen molar-refractivity contribution in [1.82, 2.24) is 0 Å². The molecule has 0 nitrogen and oxygen atoms in total. The van der Waals surface area contributed by atoms with Crippen molar-refractivity contribution < 1.29 is 8.78 Å². The summed E-state index contributed by atoms with van der Waals surface area (Å²) in [6.07, 6.45) is 0.537. The van der Waals surface area contributed by atoms with Crippen molar-refractivity contribution in [1.29, 1.82) is 0 Å². The molecule has 0 saturated heterocycles. The monoisotopic (exact) mass is 156 g/mol. The van der Waals surface area contributed by atoms with Crippen molar-refractivity contribution in [3.63, 3.8) is 0 Å². The van der Waals surface area contributed by atoms with E-state index in [0.29, 0.717) is 17.5 Å². The molecule has 0 bridgehead atoms. The fourth-order valence-corrected chi connectivity index (χ4v) is 1.13. The molecule has 0 saturated carbocycles. The van der Waals surface area contributed by atoms with Crippen LogP contribution in [0.5, 0.6) is 0 Å². The molecule has 1 aromatic rings. The topological polar surface area (TPSA) is 0 Å². The van der Waals surface area contributed by atoms with Gasteiger partial charge in [-0.1, -0.05) is 6.92 Å². The van der Waals surface area contributed by atoms with E-state index in [-0.39, 0.29) is 11.6 Å². The van der Waals surface area contributed by atoms with Gasteiger partial charge in [-0.15, -0.1) is 0 Å². The minimum atomic E-state index is -0.330. The van der Waals surface area contributed by atoms with E-state index in [1.54, 1.807) is 6.92 Å². The van der Waals surface area contributed by atoms with Gasteiger partial charge in [0.2, 0.25) is 0 Å². The van der Waals surface area contributed by atoms with Crippen LogP contribution >= 0.6 is 0 Å². The Hall–Kier alpha value is -0.920. The van der Waals surface area contributed by atoms with Gasteiger partial charge in [-0.2, -0.15) is 0 Å². The third-order valence-corrected chi connectivity index (χ3v) is 1.83. The molecule has 0 atom stereocenters. The van der Waals surface area contributed by atoms with Gasteiger partial charge in [0.05, 0.1) is 0 Å². The highest BCUT2D eigenvalue weighted by Crippen LogP contribution is 2.16. The quantitative estimate of drug-likeness (QED) is 0.586.